The van der Waals surface area contributed by atoms with Crippen molar-refractivity contribution in [1.29, 1.82) is 0 Å². The van der Waals surface area contributed by atoms with Crippen LogP contribution in [0, 0.1) is 0 Å². The average molecular weight is 293 g/mol. The number of para-hydroxylation sites is 1. The molecule has 0 fully saturated rings. The van der Waals surface area contributed by atoms with Gasteiger partial charge >= 0.3 is 5.97 Å². The minimum atomic E-state index is -1.05. The Hall–Kier alpha value is -2.27. The summed E-state index contributed by atoms with van der Waals surface area (Å²) in [6, 6.07) is 10.3. The minimum absolute atomic E-state index is 0.0903. The fourth-order valence-electron chi connectivity index (χ4n) is 1.75. The Morgan fingerprint density at radius 2 is 2.15 bits per heavy atom. The van der Waals surface area contributed by atoms with Crippen LogP contribution in [0.2, 0.25) is 5.15 Å². The number of aromatic nitrogens is 1. The maximum atomic E-state index is 10.9. The fraction of sp³-hybridized carbons (Fsp3) is 0.143. The maximum absolute atomic E-state index is 10.9. The molecule has 6 heteroatoms. The van der Waals surface area contributed by atoms with Gasteiger partial charge in [-0.15, -0.1) is 0 Å². The van der Waals surface area contributed by atoms with Gasteiger partial charge in [-0.1, -0.05) is 29.8 Å². The van der Waals surface area contributed by atoms with Gasteiger partial charge in [0.15, 0.2) is 0 Å². The van der Waals surface area contributed by atoms with E-state index < -0.39 is 5.97 Å². The summed E-state index contributed by atoms with van der Waals surface area (Å²) in [7, 11) is 1.60. The molecular weight excluding hydrogens is 280 g/mol. The highest BCUT2D eigenvalue weighted by molar-refractivity contribution is 6.29. The van der Waals surface area contributed by atoms with Crippen molar-refractivity contribution in [1.82, 2.24) is 4.98 Å². The van der Waals surface area contributed by atoms with Crippen LogP contribution in [0.1, 0.15) is 15.9 Å². The van der Waals surface area contributed by atoms with E-state index in [1.807, 2.05) is 24.3 Å². The second-order valence-electron chi connectivity index (χ2n) is 4.03. The highest BCUT2D eigenvalue weighted by Crippen LogP contribution is 2.20. The lowest BCUT2D eigenvalue weighted by Gasteiger charge is -2.10. The van der Waals surface area contributed by atoms with Gasteiger partial charge in [-0.05, 0) is 18.2 Å². The standard InChI is InChI=1S/C14H13ClN2O3/c1-20-11-5-3-2-4-9(11)8-16-13-7-10(14(18)19)6-12(15)17-13/h2-7H,8H2,1H3,(H,16,17)(H,18,19). The molecule has 104 valence electrons. The first kappa shape index (κ1) is 14.1. The third-order valence-corrected chi connectivity index (χ3v) is 2.89. The third kappa shape index (κ3) is 3.39. The molecule has 1 heterocycles. The van der Waals surface area contributed by atoms with E-state index in [-0.39, 0.29) is 10.7 Å². The van der Waals surface area contributed by atoms with E-state index in [4.69, 9.17) is 21.4 Å². The second-order valence-corrected chi connectivity index (χ2v) is 4.42. The van der Waals surface area contributed by atoms with Crippen molar-refractivity contribution in [3.05, 3.63) is 52.7 Å². The summed E-state index contributed by atoms with van der Waals surface area (Å²) in [5.41, 5.74) is 1.03. The van der Waals surface area contributed by atoms with Gasteiger partial charge in [0, 0.05) is 12.1 Å². The molecule has 0 amide bonds. The van der Waals surface area contributed by atoms with Crippen molar-refractivity contribution < 1.29 is 14.6 Å². The number of carbonyl (C=O) groups is 1. The van der Waals surface area contributed by atoms with E-state index in [2.05, 4.69) is 10.3 Å². The highest BCUT2D eigenvalue weighted by Gasteiger charge is 2.08. The van der Waals surface area contributed by atoms with E-state index in [1.165, 1.54) is 12.1 Å². The molecule has 0 bridgehead atoms. The Balaban J connectivity index is 2.16. The van der Waals surface area contributed by atoms with E-state index in [0.29, 0.717) is 12.4 Å². The van der Waals surface area contributed by atoms with Gasteiger partial charge < -0.3 is 15.2 Å². The molecular formula is C14H13ClN2O3. The number of aromatic carboxylic acids is 1. The highest BCUT2D eigenvalue weighted by atomic mass is 35.5. The summed E-state index contributed by atoms with van der Waals surface area (Å²) >= 11 is 5.80. The molecule has 0 radical (unpaired) electrons. The van der Waals surface area contributed by atoms with E-state index in [9.17, 15) is 4.79 Å². The number of ether oxygens (including phenoxy) is 1. The Labute approximate surface area is 121 Å². The SMILES string of the molecule is COc1ccccc1CNc1cc(C(=O)O)cc(Cl)n1. The second kappa shape index (κ2) is 6.25. The van der Waals surface area contributed by atoms with Gasteiger partial charge in [-0.2, -0.15) is 0 Å². The van der Waals surface area contributed by atoms with Crippen molar-refractivity contribution in [2.75, 3.05) is 12.4 Å². The van der Waals surface area contributed by atoms with Crippen LogP contribution in [0.15, 0.2) is 36.4 Å². The Bertz CT molecular complexity index is 632. The lowest BCUT2D eigenvalue weighted by atomic mass is 10.2. The number of nitrogens with one attached hydrogen (secondary N) is 1. The van der Waals surface area contributed by atoms with Crippen molar-refractivity contribution in [2.45, 2.75) is 6.54 Å². The van der Waals surface area contributed by atoms with Gasteiger partial charge in [0.1, 0.15) is 16.7 Å². The largest absolute Gasteiger partial charge is 0.496 e. The van der Waals surface area contributed by atoms with Gasteiger partial charge in [0.25, 0.3) is 0 Å². The molecule has 0 spiro atoms. The molecule has 0 aliphatic rings. The zero-order valence-electron chi connectivity index (χ0n) is 10.8. The zero-order chi connectivity index (χ0) is 14.5. The smallest absolute Gasteiger partial charge is 0.335 e. The number of halogens is 1. The minimum Gasteiger partial charge on any atom is -0.496 e. The molecule has 1 aromatic carbocycles. The normalized spacial score (nSPS) is 10.1. The lowest BCUT2D eigenvalue weighted by Crippen LogP contribution is -2.05. The summed E-state index contributed by atoms with van der Waals surface area (Å²) in [5.74, 6) is 0.107. The number of methoxy groups -OCH3 is 1. The molecule has 1 aromatic heterocycles. The number of hydrogen-bond donors (Lipinski definition) is 2. The molecule has 0 aliphatic carbocycles. The topological polar surface area (TPSA) is 71.5 Å². The number of carboxylic acid groups (broad SMARTS) is 1. The van der Waals surface area contributed by atoms with Crippen LogP contribution >= 0.6 is 11.6 Å². The van der Waals surface area contributed by atoms with Crippen LogP contribution in [0.3, 0.4) is 0 Å². The summed E-state index contributed by atoms with van der Waals surface area (Å²) in [5, 5.41) is 12.1. The van der Waals surface area contributed by atoms with Gasteiger partial charge in [0.2, 0.25) is 0 Å². The van der Waals surface area contributed by atoms with Crippen molar-refractivity contribution in [2.24, 2.45) is 0 Å². The van der Waals surface area contributed by atoms with Gasteiger partial charge in [0.05, 0.1) is 12.7 Å². The van der Waals surface area contributed by atoms with E-state index in [0.717, 1.165) is 11.3 Å². The van der Waals surface area contributed by atoms with Crippen molar-refractivity contribution >= 4 is 23.4 Å². The van der Waals surface area contributed by atoms with Crippen LogP contribution in [0.4, 0.5) is 5.82 Å². The number of nitrogens with zero attached hydrogens (tertiary/aromatic N) is 1. The van der Waals surface area contributed by atoms with Gasteiger partial charge in [-0.25, -0.2) is 9.78 Å². The predicted molar refractivity (Wildman–Crippen MR) is 76.5 cm³/mol. The third-order valence-electron chi connectivity index (χ3n) is 2.69. The molecule has 0 aliphatic heterocycles. The Morgan fingerprint density at radius 1 is 1.40 bits per heavy atom. The lowest BCUT2D eigenvalue weighted by molar-refractivity contribution is 0.0697. The van der Waals surface area contributed by atoms with Gasteiger partial charge in [-0.3, -0.25) is 0 Å². The monoisotopic (exact) mass is 292 g/mol. The summed E-state index contributed by atoms with van der Waals surface area (Å²) in [6.45, 7) is 0.455. The van der Waals surface area contributed by atoms with E-state index >= 15 is 0 Å². The average Bonchev–Trinajstić information content (AvgIpc) is 2.44. The quantitative estimate of drug-likeness (QED) is 0.829. The van der Waals surface area contributed by atoms with Crippen molar-refractivity contribution in [3.8, 4) is 5.75 Å². The molecule has 20 heavy (non-hydrogen) atoms. The number of hydrogen-bond acceptors (Lipinski definition) is 4. The van der Waals surface area contributed by atoms with Crippen LogP contribution in [-0.4, -0.2) is 23.2 Å². The Kier molecular flexibility index (Phi) is 4.42. The molecule has 0 saturated carbocycles. The molecule has 2 aromatic rings. The van der Waals surface area contributed by atoms with Crippen LogP contribution in [0.25, 0.3) is 0 Å². The maximum Gasteiger partial charge on any atom is 0.335 e. The predicted octanol–water partition coefficient (Wildman–Crippen LogP) is 3.05. The number of anilines is 1. The van der Waals surface area contributed by atoms with Crippen LogP contribution in [-0.2, 0) is 6.54 Å². The molecule has 0 unspecified atom stereocenters. The van der Waals surface area contributed by atoms with Crippen molar-refractivity contribution in [3.63, 3.8) is 0 Å². The molecule has 0 atom stereocenters. The first-order valence-electron chi connectivity index (χ1n) is 5.87. The summed E-state index contributed by atoms with van der Waals surface area (Å²) in [4.78, 5) is 15.0. The summed E-state index contributed by atoms with van der Waals surface area (Å²) < 4.78 is 5.24. The van der Waals surface area contributed by atoms with E-state index in [1.54, 1.807) is 7.11 Å². The number of rotatable bonds is 5. The molecule has 5 nitrogen and oxygen atoms in total. The molecule has 2 rings (SSSR count). The first-order valence-corrected chi connectivity index (χ1v) is 6.24. The first-order chi connectivity index (χ1) is 9.60. The van der Waals surface area contributed by atoms with Crippen LogP contribution < -0.4 is 10.1 Å². The molecule has 0 saturated heterocycles. The number of benzene rings is 1. The number of carboxylic acids is 1. The van der Waals surface area contributed by atoms with Crippen LogP contribution in [0.5, 0.6) is 5.75 Å². The zero-order valence-corrected chi connectivity index (χ0v) is 11.5. The fourth-order valence-corrected chi connectivity index (χ4v) is 1.95. The summed E-state index contributed by atoms with van der Waals surface area (Å²) in [6.07, 6.45) is 0. The molecule has 2 N–H and O–H groups in total. The Morgan fingerprint density at radius 3 is 2.85 bits per heavy atom. The number of pyridine rings is 1.